The Morgan fingerprint density at radius 3 is 2.29 bits per heavy atom. The van der Waals surface area contributed by atoms with E-state index in [0.29, 0.717) is 0 Å². The molecule has 0 aliphatic carbocycles. The summed E-state index contributed by atoms with van der Waals surface area (Å²) in [4.78, 5) is 12.5. The minimum absolute atomic E-state index is 0.00637. The van der Waals surface area contributed by atoms with Gasteiger partial charge in [0.05, 0.1) is 17.4 Å². The molecule has 2 atom stereocenters. The molecule has 1 aromatic rings. The number of halogens is 6. The summed E-state index contributed by atoms with van der Waals surface area (Å²) >= 11 is 0. The fourth-order valence-electron chi connectivity index (χ4n) is 2.87. The number of piperidine rings is 1. The summed E-state index contributed by atoms with van der Waals surface area (Å²) in [6.07, 6.45) is -9.61. The number of primary amides is 1. The van der Waals surface area contributed by atoms with Crippen molar-refractivity contribution in [3.8, 4) is 0 Å². The number of nitrogens with two attached hydrogens (primary N) is 1. The summed E-state index contributed by atoms with van der Waals surface area (Å²) in [6, 6.07) is 3.34. The van der Waals surface area contributed by atoms with Crippen molar-refractivity contribution >= 4 is 11.6 Å². The Balaban J connectivity index is 2.37. The van der Waals surface area contributed by atoms with Gasteiger partial charge in [-0.3, -0.25) is 4.79 Å². The van der Waals surface area contributed by atoms with E-state index in [2.05, 4.69) is 0 Å². The first-order valence-electron chi connectivity index (χ1n) is 7.18. The maximum Gasteiger partial charge on any atom is 0.416 e. The van der Waals surface area contributed by atoms with Crippen LogP contribution in [0.15, 0.2) is 18.2 Å². The van der Waals surface area contributed by atoms with Gasteiger partial charge in [-0.1, -0.05) is 6.07 Å². The smallest absolute Gasteiger partial charge is 0.370 e. The van der Waals surface area contributed by atoms with Gasteiger partial charge in [0.25, 0.3) is 0 Å². The van der Waals surface area contributed by atoms with Crippen LogP contribution in [0.1, 0.15) is 17.5 Å². The van der Waals surface area contributed by atoms with Crippen molar-refractivity contribution in [1.29, 1.82) is 0 Å². The Hall–Kier alpha value is -1.93. The number of carbonyl (C=O) groups is 1. The number of nitrogens with zero attached hydrogens (tertiary/aromatic N) is 1. The lowest BCUT2D eigenvalue weighted by Gasteiger charge is -2.39. The Morgan fingerprint density at radius 2 is 1.79 bits per heavy atom. The van der Waals surface area contributed by atoms with Crippen LogP contribution in [0.2, 0.25) is 0 Å². The molecule has 1 aliphatic heterocycles. The van der Waals surface area contributed by atoms with Crippen LogP contribution < -0.4 is 10.6 Å². The average molecular weight is 354 g/mol. The van der Waals surface area contributed by atoms with Crippen LogP contribution in [-0.2, 0) is 11.0 Å². The molecule has 1 saturated heterocycles. The number of hydrogen-bond acceptors (Lipinski definition) is 2. The second-order valence-corrected chi connectivity index (χ2v) is 5.98. The number of aryl methyl sites for hydroxylation is 1. The second kappa shape index (κ2) is 6.18. The van der Waals surface area contributed by atoms with Crippen LogP contribution in [-0.4, -0.2) is 25.2 Å². The normalized spacial score (nSPS) is 22.5. The van der Waals surface area contributed by atoms with E-state index in [1.807, 2.05) is 0 Å². The molecule has 0 saturated carbocycles. The molecule has 2 N–H and O–H groups in total. The number of rotatable bonds is 2. The first-order chi connectivity index (χ1) is 10.9. The summed E-state index contributed by atoms with van der Waals surface area (Å²) in [6.45, 7) is 0.628. The third-order valence-corrected chi connectivity index (χ3v) is 4.21. The van der Waals surface area contributed by atoms with Crippen molar-refractivity contribution in [2.24, 2.45) is 17.6 Å². The van der Waals surface area contributed by atoms with E-state index < -0.39 is 48.6 Å². The lowest BCUT2D eigenvalue weighted by Crippen LogP contribution is -2.49. The molecule has 0 bridgehead atoms. The Labute approximate surface area is 134 Å². The maximum atomic E-state index is 13.0. The molecule has 0 aromatic heterocycles. The minimum atomic E-state index is -4.61. The van der Waals surface area contributed by atoms with Gasteiger partial charge in [-0.2, -0.15) is 26.3 Å². The van der Waals surface area contributed by atoms with Gasteiger partial charge in [0, 0.05) is 18.8 Å². The first kappa shape index (κ1) is 18.4. The van der Waals surface area contributed by atoms with E-state index in [4.69, 9.17) is 5.73 Å². The third-order valence-electron chi connectivity index (χ3n) is 4.21. The van der Waals surface area contributed by atoms with Crippen LogP contribution in [0.25, 0.3) is 0 Å². The summed E-state index contributed by atoms with van der Waals surface area (Å²) < 4.78 is 78.1. The van der Waals surface area contributed by atoms with Gasteiger partial charge in [-0.15, -0.1) is 0 Å². The molecule has 1 amide bonds. The summed E-state index contributed by atoms with van der Waals surface area (Å²) in [5, 5.41) is 0. The fourth-order valence-corrected chi connectivity index (χ4v) is 2.87. The topological polar surface area (TPSA) is 46.3 Å². The summed E-state index contributed by atoms with van der Waals surface area (Å²) in [5.74, 6) is -3.78. The molecule has 0 radical (unpaired) electrons. The Kier molecular flexibility index (Phi) is 4.74. The van der Waals surface area contributed by atoms with E-state index >= 15 is 0 Å². The number of hydrogen-bond donors (Lipinski definition) is 1. The van der Waals surface area contributed by atoms with Gasteiger partial charge in [0.2, 0.25) is 5.91 Å². The minimum Gasteiger partial charge on any atom is -0.370 e. The highest BCUT2D eigenvalue weighted by Crippen LogP contribution is 2.39. The zero-order valence-corrected chi connectivity index (χ0v) is 12.7. The lowest BCUT2D eigenvalue weighted by atomic mass is 9.87. The van der Waals surface area contributed by atoms with Gasteiger partial charge in [-0.25, -0.2) is 0 Å². The molecular weight excluding hydrogens is 338 g/mol. The number of benzene rings is 1. The number of anilines is 1. The monoisotopic (exact) mass is 354 g/mol. The third kappa shape index (κ3) is 3.93. The predicted octanol–water partition coefficient (Wildman–Crippen LogP) is 3.50. The lowest BCUT2D eigenvalue weighted by molar-refractivity contribution is -0.179. The van der Waals surface area contributed by atoms with Gasteiger partial charge in [0.15, 0.2) is 0 Å². The van der Waals surface area contributed by atoms with E-state index in [-0.39, 0.29) is 17.8 Å². The molecule has 1 heterocycles. The number of carbonyl (C=O) groups excluding carboxylic acids is 1. The molecule has 3 nitrogen and oxygen atoms in total. The van der Waals surface area contributed by atoms with Crippen molar-refractivity contribution in [2.45, 2.75) is 25.7 Å². The largest absolute Gasteiger partial charge is 0.416 e. The zero-order valence-electron chi connectivity index (χ0n) is 12.7. The highest BCUT2D eigenvalue weighted by atomic mass is 19.4. The van der Waals surface area contributed by atoms with E-state index in [9.17, 15) is 31.1 Å². The molecule has 0 spiro atoms. The molecule has 134 valence electrons. The standard InChI is InChI=1S/C15H16F6N2O/c1-8-2-3-11(5-12(8)15(19,20)21)23-6-9(13(22)24)4-10(7-23)14(16,17)18/h2-3,5,9-10H,4,6-7H2,1H3,(H2,22,24). The zero-order chi connectivity index (χ0) is 18.3. The van der Waals surface area contributed by atoms with Gasteiger partial charge >= 0.3 is 12.4 Å². The van der Waals surface area contributed by atoms with Crippen LogP contribution in [0.3, 0.4) is 0 Å². The quantitative estimate of drug-likeness (QED) is 0.827. The molecular formula is C15H16F6N2O. The van der Waals surface area contributed by atoms with Gasteiger partial charge < -0.3 is 10.6 Å². The van der Waals surface area contributed by atoms with E-state index in [1.165, 1.54) is 19.1 Å². The van der Waals surface area contributed by atoms with Crippen molar-refractivity contribution < 1.29 is 31.1 Å². The number of alkyl halides is 6. The molecule has 2 rings (SSSR count). The van der Waals surface area contributed by atoms with Crippen molar-refractivity contribution in [3.63, 3.8) is 0 Å². The SMILES string of the molecule is Cc1ccc(N2CC(C(N)=O)CC(C(F)(F)F)C2)cc1C(F)(F)F. The second-order valence-electron chi connectivity index (χ2n) is 5.98. The maximum absolute atomic E-state index is 13.0. The van der Waals surface area contributed by atoms with Crippen molar-refractivity contribution in [2.75, 3.05) is 18.0 Å². The van der Waals surface area contributed by atoms with Gasteiger partial charge in [0.1, 0.15) is 0 Å². The van der Waals surface area contributed by atoms with E-state index in [0.717, 1.165) is 11.0 Å². The molecule has 2 unspecified atom stereocenters. The fraction of sp³-hybridized carbons (Fsp3) is 0.533. The summed E-state index contributed by atoms with van der Waals surface area (Å²) in [7, 11) is 0. The molecule has 1 fully saturated rings. The summed E-state index contributed by atoms with van der Waals surface area (Å²) in [5.41, 5.74) is 4.18. The highest BCUT2D eigenvalue weighted by molar-refractivity contribution is 5.77. The van der Waals surface area contributed by atoms with Crippen LogP contribution in [0.4, 0.5) is 32.0 Å². The van der Waals surface area contributed by atoms with Crippen LogP contribution in [0.5, 0.6) is 0 Å². The Bertz CT molecular complexity index is 625. The molecule has 9 heteroatoms. The van der Waals surface area contributed by atoms with Crippen molar-refractivity contribution in [3.05, 3.63) is 29.3 Å². The highest BCUT2D eigenvalue weighted by Gasteiger charge is 2.46. The predicted molar refractivity (Wildman–Crippen MR) is 75.2 cm³/mol. The van der Waals surface area contributed by atoms with Crippen LogP contribution >= 0.6 is 0 Å². The van der Waals surface area contributed by atoms with Crippen molar-refractivity contribution in [1.82, 2.24) is 0 Å². The van der Waals surface area contributed by atoms with Crippen LogP contribution in [0, 0.1) is 18.8 Å². The molecule has 1 aliphatic rings. The molecule has 1 aromatic carbocycles. The Morgan fingerprint density at radius 1 is 1.17 bits per heavy atom. The number of amides is 1. The molecule has 24 heavy (non-hydrogen) atoms. The average Bonchev–Trinajstić information content (AvgIpc) is 2.45. The van der Waals surface area contributed by atoms with E-state index in [1.54, 1.807) is 0 Å². The first-order valence-corrected chi connectivity index (χ1v) is 7.18. The van der Waals surface area contributed by atoms with Gasteiger partial charge in [-0.05, 0) is 31.0 Å².